The molecule has 0 atom stereocenters. The molecule has 0 aliphatic heterocycles. The van der Waals surface area contributed by atoms with Crippen LogP contribution in [-0.2, 0) is 0 Å². The van der Waals surface area contributed by atoms with E-state index in [1.165, 1.54) is 19.4 Å². The first-order valence-electron chi connectivity index (χ1n) is 8.01. The third-order valence-corrected chi connectivity index (χ3v) is 3.79. The molecule has 8 heteroatoms. The first-order chi connectivity index (χ1) is 13.1. The normalized spacial score (nSPS) is 10.7. The number of aromatic nitrogens is 2. The van der Waals surface area contributed by atoms with Crippen LogP contribution in [0.25, 0.3) is 11.3 Å². The molecule has 0 bridgehead atoms. The van der Waals surface area contributed by atoms with Crippen molar-refractivity contribution in [3.63, 3.8) is 0 Å². The number of amides is 1. The van der Waals surface area contributed by atoms with Crippen LogP contribution in [0.3, 0.4) is 0 Å². The van der Waals surface area contributed by atoms with Crippen molar-refractivity contribution in [1.82, 2.24) is 15.6 Å². The van der Waals surface area contributed by atoms with E-state index in [1.54, 1.807) is 25.3 Å². The van der Waals surface area contributed by atoms with Crippen LogP contribution in [0.15, 0.2) is 53.6 Å². The van der Waals surface area contributed by atoms with Crippen molar-refractivity contribution in [2.75, 3.05) is 14.2 Å². The number of H-pyrrole nitrogens is 1. The minimum Gasteiger partial charge on any atom is -0.504 e. The van der Waals surface area contributed by atoms with E-state index in [-0.39, 0.29) is 11.4 Å². The highest BCUT2D eigenvalue weighted by atomic mass is 16.5. The van der Waals surface area contributed by atoms with E-state index in [2.05, 4.69) is 20.7 Å². The van der Waals surface area contributed by atoms with Crippen molar-refractivity contribution in [2.24, 2.45) is 5.10 Å². The number of carbonyl (C=O) groups is 1. The number of hydrogen-bond acceptors (Lipinski definition) is 6. The number of phenolic OH excluding ortho intramolecular Hbond substituents is 1. The van der Waals surface area contributed by atoms with Gasteiger partial charge in [-0.25, -0.2) is 5.43 Å². The summed E-state index contributed by atoms with van der Waals surface area (Å²) < 4.78 is 10.1. The maximum Gasteiger partial charge on any atom is 0.289 e. The molecule has 3 N–H and O–H groups in total. The Labute approximate surface area is 155 Å². The summed E-state index contributed by atoms with van der Waals surface area (Å²) in [5.41, 5.74) is 4.84. The summed E-state index contributed by atoms with van der Waals surface area (Å²) in [6.07, 6.45) is 1.45. The molecule has 0 fully saturated rings. The molecule has 0 spiro atoms. The summed E-state index contributed by atoms with van der Waals surface area (Å²) in [5.74, 6) is 0.668. The Hall–Kier alpha value is -3.81. The molecule has 1 heterocycles. The summed E-state index contributed by atoms with van der Waals surface area (Å²) in [6.45, 7) is 0. The number of hydrazone groups is 1. The molecule has 0 saturated carbocycles. The number of ether oxygens (including phenoxy) is 2. The fourth-order valence-corrected chi connectivity index (χ4v) is 2.35. The number of hydrogen-bond donors (Lipinski definition) is 3. The van der Waals surface area contributed by atoms with E-state index >= 15 is 0 Å². The molecular formula is C19H18N4O4. The SMILES string of the molecule is COc1ccc(-c2cc(C(=O)N/N=C/c3ccc(O)c(OC)c3)[nH]n2)cc1. The second kappa shape index (κ2) is 8.05. The summed E-state index contributed by atoms with van der Waals surface area (Å²) >= 11 is 0. The van der Waals surface area contributed by atoms with Gasteiger partial charge in [0, 0.05) is 5.56 Å². The van der Waals surface area contributed by atoms with E-state index in [0.717, 1.165) is 11.3 Å². The van der Waals surface area contributed by atoms with Crippen LogP contribution in [0.5, 0.6) is 17.2 Å². The van der Waals surface area contributed by atoms with Crippen molar-refractivity contribution >= 4 is 12.1 Å². The first-order valence-corrected chi connectivity index (χ1v) is 8.01. The lowest BCUT2D eigenvalue weighted by Crippen LogP contribution is -2.18. The van der Waals surface area contributed by atoms with Gasteiger partial charge in [-0.3, -0.25) is 9.89 Å². The molecule has 3 aromatic rings. The van der Waals surface area contributed by atoms with Gasteiger partial charge >= 0.3 is 0 Å². The number of aromatic hydroxyl groups is 1. The predicted molar refractivity (Wildman–Crippen MR) is 100 cm³/mol. The molecule has 1 aromatic heterocycles. The maximum atomic E-state index is 12.2. The molecular weight excluding hydrogens is 348 g/mol. The Balaban J connectivity index is 1.65. The average Bonchev–Trinajstić information content (AvgIpc) is 3.19. The first kappa shape index (κ1) is 18.0. The van der Waals surface area contributed by atoms with Crippen LogP contribution in [0.4, 0.5) is 0 Å². The topological polar surface area (TPSA) is 109 Å². The number of nitrogens with one attached hydrogen (secondary N) is 2. The molecule has 0 aliphatic rings. The van der Waals surface area contributed by atoms with Crippen molar-refractivity contribution in [2.45, 2.75) is 0 Å². The highest BCUT2D eigenvalue weighted by molar-refractivity contribution is 5.94. The van der Waals surface area contributed by atoms with E-state index in [4.69, 9.17) is 9.47 Å². The number of aromatic amines is 1. The summed E-state index contributed by atoms with van der Waals surface area (Å²) in [7, 11) is 3.05. The quantitative estimate of drug-likeness (QED) is 0.459. The summed E-state index contributed by atoms with van der Waals surface area (Å²) in [6, 6.07) is 13.7. The zero-order chi connectivity index (χ0) is 19.2. The van der Waals surface area contributed by atoms with E-state index < -0.39 is 5.91 Å². The minimum absolute atomic E-state index is 0.0298. The van der Waals surface area contributed by atoms with E-state index in [9.17, 15) is 9.90 Å². The van der Waals surface area contributed by atoms with Gasteiger partial charge in [-0.15, -0.1) is 0 Å². The summed E-state index contributed by atoms with van der Waals surface area (Å²) in [4.78, 5) is 12.2. The van der Waals surface area contributed by atoms with Crippen LogP contribution in [-0.4, -0.2) is 41.6 Å². The molecule has 2 aromatic carbocycles. The summed E-state index contributed by atoms with van der Waals surface area (Å²) in [5, 5.41) is 20.3. The Kier molecular flexibility index (Phi) is 5.36. The third kappa shape index (κ3) is 4.24. The average molecular weight is 366 g/mol. The minimum atomic E-state index is -0.427. The highest BCUT2D eigenvalue weighted by Gasteiger charge is 2.10. The van der Waals surface area contributed by atoms with Gasteiger partial charge in [0.15, 0.2) is 11.5 Å². The Morgan fingerprint density at radius 1 is 1.15 bits per heavy atom. The van der Waals surface area contributed by atoms with E-state index in [0.29, 0.717) is 17.0 Å². The van der Waals surface area contributed by atoms with Gasteiger partial charge < -0.3 is 14.6 Å². The zero-order valence-corrected chi connectivity index (χ0v) is 14.8. The van der Waals surface area contributed by atoms with Crippen LogP contribution in [0.2, 0.25) is 0 Å². The van der Waals surface area contributed by atoms with Crippen molar-refractivity contribution < 1.29 is 19.4 Å². The number of benzene rings is 2. The largest absolute Gasteiger partial charge is 0.504 e. The van der Waals surface area contributed by atoms with Crippen molar-refractivity contribution in [1.29, 1.82) is 0 Å². The lowest BCUT2D eigenvalue weighted by Gasteiger charge is -2.03. The van der Waals surface area contributed by atoms with Gasteiger partial charge in [-0.2, -0.15) is 10.2 Å². The molecule has 0 saturated heterocycles. The fraction of sp³-hybridized carbons (Fsp3) is 0.105. The molecule has 0 radical (unpaired) electrons. The number of carbonyl (C=O) groups excluding carboxylic acids is 1. The lowest BCUT2D eigenvalue weighted by molar-refractivity contribution is 0.0950. The van der Waals surface area contributed by atoms with Gasteiger partial charge in [-0.1, -0.05) is 0 Å². The Bertz CT molecular complexity index is 964. The van der Waals surface area contributed by atoms with Gasteiger partial charge in [0.1, 0.15) is 11.4 Å². The molecule has 138 valence electrons. The van der Waals surface area contributed by atoms with Gasteiger partial charge in [0.05, 0.1) is 26.1 Å². The standard InChI is InChI=1S/C19H18N4O4/c1-26-14-6-4-13(5-7-14)15-10-16(22-21-15)19(25)23-20-11-12-3-8-17(24)18(9-12)27-2/h3-11,24H,1-2H3,(H,21,22)(H,23,25)/b20-11+. The monoisotopic (exact) mass is 366 g/mol. The maximum absolute atomic E-state index is 12.2. The number of phenols is 1. The van der Waals surface area contributed by atoms with Crippen LogP contribution in [0.1, 0.15) is 16.1 Å². The lowest BCUT2D eigenvalue weighted by atomic mass is 10.1. The molecule has 0 unspecified atom stereocenters. The van der Waals surface area contributed by atoms with Gasteiger partial charge in [0.25, 0.3) is 5.91 Å². The second-order valence-corrected chi connectivity index (χ2v) is 5.53. The molecule has 3 rings (SSSR count). The highest BCUT2D eigenvalue weighted by Crippen LogP contribution is 2.25. The second-order valence-electron chi connectivity index (χ2n) is 5.53. The van der Waals surface area contributed by atoms with Crippen LogP contribution < -0.4 is 14.9 Å². The number of nitrogens with zero attached hydrogens (tertiary/aromatic N) is 2. The fourth-order valence-electron chi connectivity index (χ4n) is 2.35. The molecule has 27 heavy (non-hydrogen) atoms. The number of methoxy groups -OCH3 is 2. The number of rotatable bonds is 6. The van der Waals surface area contributed by atoms with Gasteiger partial charge in [-0.05, 0) is 54.1 Å². The van der Waals surface area contributed by atoms with Gasteiger partial charge in [0.2, 0.25) is 0 Å². The Morgan fingerprint density at radius 2 is 1.93 bits per heavy atom. The van der Waals surface area contributed by atoms with E-state index in [1.807, 2.05) is 24.3 Å². The van der Waals surface area contributed by atoms with Crippen molar-refractivity contribution in [3.05, 3.63) is 59.8 Å². The zero-order valence-electron chi connectivity index (χ0n) is 14.8. The molecule has 8 nitrogen and oxygen atoms in total. The smallest absolute Gasteiger partial charge is 0.289 e. The predicted octanol–water partition coefficient (Wildman–Crippen LogP) is 2.56. The third-order valence-electron chi connectivity index (χ3n) is 3.79. The Morgan fingerprint density at radius 3 is 2.63 bits per heavy atom. The van der Waals surface area contributed by atoms with Crippen LogP contribution in [0, 0.1) is 0 Å². The van der Waals surface area contributed by atoms with Crippen molar-refractivity contribution in [3.8, 4) is 28.5 Å². The van der Waals surface area contributed by atoms with Crippen LogP contribution >= 0.6 is 0 Å². The molecule has 0 aliphatic carbocycles. The molecule has 1 amide bonds.